The van der Waals surface area contributed by atoms with Gasteiger partial charge < -0.3 is 6.15 Å². The van der Waals surface area contributed by atoms with Crippen molar-refractivity contribution in [2.24, 2.45) is 0 Å². The van der Waals surface area contributed by atoms with E-state index in [1.165, 1.54) is 0 Å². The first-order valence-electron chi connectivity index (χ1n) is 0. The predicted molar refractivity (Wildman–Crippen MR) is 32.0 cm³/mol. The van der Waals surface area contributed by atoms with Crippen molar-refractivity contribution in [1.82, 2.24) is 6.15 Å². The van der Waals surface area contributed by atoms with E-state index in [2.05, 4.69) is 0 Å². The van der Waals surface area contributed by atoms with Gasteiger partial charge in [0.1, 0.15) is 0 Å². The predicted octanol–water partition coefficient (Wildman–Crippen LogP) is -2.86. The van der Waals surface area contributed by atoms with E-state index < -0.39 is 0 Å². The normalized spacial score (nSPS) is 0. The van der Waals surface area contributed by atoms with Gasteiger partial charge in [-0.1, -0.05) is 0 Å². The first-order chi connectivity index (χ1) is 0. The van der Waals surface area contributed by atoms with Crippen molar-refractivity contribution in [2.45, 2.75) is 0 Å². The molecule has 0 bridgehead atoms. The van der Waals surface area contributed by atoms with Gasteiger partial charge in [0.05, 0.1) is 0 Å². The van der Waals surface area contributed by atoms with E-state index in [9.17, 15) is 0 Å². The maximum atomic E-state index is 0. The zero-order valence-electron chi connectivity index (χ0n) is 1.60. The summed E-state index contributed by atoms with van der Waals surface area (Å²) in [7, 11) is 0. The molecule has 0 spiro atoms. The van der Waals surface area contributed by atoms with Gasteiger partial charge in [0, 0.05) is 28.8 Å². The van der Waals surface area contributed by atoms with Gasteiger partial charge in [-0.3, -0.25) is 0 Å². The third-order valence-electron chi connectivity index (χ3n) is 0. The molecule has 0 aliphatic rings. The summed E-state index contributed by atoms with van der Waals surface area (Å²) in [6, 6.07) is 0. The molecule has 3 radical (unpaired) electrons. The molecule has 0 aromatic rings. The largest absolute Gasteiger partial charge is 0.0149 e. The van der Waals surface area contributed by atoms with Gasteiger partial charge >= 0.3 is 25.8 Å². The van der Waals surface area contributed by atoms with Crippen LogP contribution in [-0.4, -0.2) is 45.2 Å². The minimum Gasteiger partial charge on any atom is -0.0149 e. The number of hydrogen-bond acceptors (Lipinski definition) is 1. The summed E-state index contributed by atoms with van der Waals surface area (Å²) >= 11 is 0. The minimum absolute atomic E-state index is 0. The van der Waals surface area contributed by atoms with Gasteiger partial charge in [0.25, 0.3) is 0 Å². The molecular weight excluding hydrogens is 274 g/mol. The molecule has 0 aliphatic heterocycles. The average Bonchev–Trinajstić information content (AvgIpc) is 0. The molecule has 0 heterocycles. The van der Waals surface area contributed by atoms with Gasteiger partial charge in [-0.25, -0.2) is 0 Å². The van der Waals surface area contributed by atoms with Crippen molar-refractivity contribution in [1.29, 1.82) is 0 Å². The molecule has 0 saturated heterocycles. The van der Waals surface area contributed by atoms with Crippen LogP contribution in [0.2, 0.25) is 0 Å². The molecule has 0 unspecified atom stereocenters. The van der Waals surface area contributed by atoms with Crippen LogP contribution in [0.5, 0.6) is 0 Å². The van der Waals surface area contributed by atoms with Gasteiger partial charge in [-0.05, 0) is 11.0 Å². The van der Waals surface area contributed by atoms with Gasteiger partial charge in [-0.15, -0.1) is 0 Å². The molecule has 0 amide bonds. The Balaban J connectivity index is 0. The van der Waals surface area contributed by atoms with E-state index in [1.54, 1.807) is 0 Å². The third kappa shape index (κ3) is 26.1. The van der Waals surface area contributed by atoms with Crippen LogP contribution < -0.4 is 6.15 Å². The SMILES string of the molecule is N.[B].[InH3].[Pd].[SiH4]. The summed E-state index contributed by atoms with van der Waals surface area (Å²) in [5, 5.41) is 0. The van der Waals surface area contributed by atoms with E-state index in [0.29, 0.717) is 0 Å². The van der Waals surface area contributed by atoms with Crippen molar-refractivity contribution in [3.8, 4) is 0 Å². The molecular formula is H10BInNPdSi. The van der Waals surface area contributed by atoms with Crippen LogP contribution in [0.4, 0.5) is 0 Å². The number of rotatable bonds is 0. The zero-order chi connectivity index (χ0) is 0. The molecule has 5 heavy (non-hydrogen) atoms. The first kappa shape index (κ1) is 71.7. The van der Waals surface area contributed by atoms with Crippen molar-refractivity contribution in [2.75, 3.05) is 0 Å². The molecule has 0 fully saturated rings. The van der Waals surface area contributed by atoms with Crippen LogP contribution >= 0.6 is 0 Å². The molecule has 1 nitrogen and oxygen atoms in total. The summed E-state index contributed by atoms with van der Waals surface area (Å²) in [6.07, 6.45) is 0. The molecule has 0 aromatic carbocycles. The standard InChI is InChI=1S/B.In.H3N.Pd.H4Si.3H/h;;1H3;;1H4;;;. The zero-order valence-corrected chi connectivity index (χ0v) is 3.16. The van der Waals surface area contributed by atoms with E-state index in [4.69, 9.17) is 0 Å². The van der Waals surface area contributed by atoms with Crippen LogP contribution in [0, 0.1) is 0 Å². The van der Waals surface area contributed by atoms with E-state index >= 15 is 0 Å². The van der Waals surface area contributed by atoms with Gasteiger partial charge in [0.2, 0.25) is 0 Å². The fourth-order valence-corrected chi connectivity index (χ4v) is 0. The average molecular weight is 284 g/mol. The Morgan fingerprint density at radius 3 is 1.00 bits per heavy atom. The Hall–Kier alpha value is 1.77. The Morgan fingerprint density at radius 2 is 1.00 bits per heavy atom. The minimum atomic E-state index is 0. The van der Waals surface area contributed by atoms with Crippen LogP contribution in [0.1, 0.15) is 0 Å². The van der Waals surface area contributed by atoms with E-state index in [-0.39, 0.29) is 71.8 Å². The second-order valence-corrected chi connectivity index (χ2v) is 0. The Labute approximate surface area is 71.3 Å². The quantitative estimate of drug-likeness (QED) is 0.477. The Bertz CT molecular complexity index is 11.6. The smallest absolute Gasteiger partial charge is 0 e. The summed E-state index contributed by atoms with van der Waals surface area (Å²) in [4.78, 5) is 0. The molecule has 0 aliphatic carbocycles. The third-order valence-corrected chi connectivity index (χ3v) is 0. The topological polar surface area (TPSA) is 35.0 Å². The fraction of sp³-hybridized carbons (Fsp3) is 0. The fourth-order valence-electron chi connectivity index (χ4n) is 0. The van der Waals surface area contributed by atoms with Crippen molar-refractivity contribution in [3.63, 3.8) is 0 Å². The van der Waals surface area contributed by atoms with E-state index in [0.717, 1.165) is 0 Å². The van der Waals surface area contributed by atoms with Crippen molar-refractivity contribution in [3.05, 3.63) is 0 Å². The molecule has 5 heteroatoms. The molecule has 3 N–H and O–H groups in total. The number of hydrogen-bond donors (Lipinski definition) is 1. The van der Waals surface area contributed by atoms with Gasteiger partial charge in [0.15, 0.2) is 0 Å². The van der Waals surface area contributed by atoms with Crippen LogP contribution in [-0.2, 0) is 20.4 Å². The summed E-state index contributed by atoms with van der Waals surface area (Å²) in [5.41, 5.74) is 0. The van der Waals surface area contributed by atoms with Crippen LogP contribution in [0.25, 0.3) is 0 Å². The van der Waals surface area contributed by atoms with Gasteiger partial charge in [-0.2, -0.15) is 0 Å². The van der Waals surface area contributed by atoms with E-state index in [1.807, 2.05) is 0 Å². The first-order valence-corrected chi connectivity index (χ1v) is 0. The van der Waals surface area contributed by atoms with Crippen LogP contribution in [0.15, 0.2) is 0 Å². The second-order valence-electron chi connectivity index (χ2n) is 0. The van der Waals surface area contributed by atoms with Crippen molar-refractivity contribution >= 4 is 45.2 Å². The summed E-state index contributed by atoms with van der Waals surface area (Å²) in [5.74, 6) is 0. The molecule has 0 aromatic heterocycles. The maximum Gasteiger partial charge on any atom is 0 e. The molecule has 0 saturated carbocycles. The van der Waals surface area contributed by atoms with Crippen molar-refractivity contribution < 1.29 is 20.4 Å². The Kier molecular flexibility index (Phi) is 600. The summed E-state index contributed by atoms with van der Waals surface area (Å²) in [6.45, 7) is 0. The second kappa shape index (κ2) is 41.8. The molecule has 35 valence electrons. The molecule has 0 rings (SSSR count). The Morgan fingerprint density at radius 1 is 1.00 bits per heavy atom. The maximum absolute atomic E-state index is 0. The molecule has 0 atom stereocenters. The van der Waals surface area contributed by atoms with Crippen LogP contribution in [0.3, 0.4) is 0 Å². The summed E-state index contributed by atoms with van der Waals surface area (Å²) < 4.78 is 0. The monoisotopic (exact) mass is 284 g/mol.